The topological polar surface area (TPSA) is 89.8 Å². The van der Waals surface area contributed by atoms with Crippen molar-refractivity contribution in [3.63, 3.8) is 0 Å². The maximum atomic E-state index is 12.0. The number of halogens is 1. The van der Waals surface area contributed by atoms with Gasteiger partial charge in [-0.05, 0) is 40.2 Å². The van der Waals surface area contributed by atoms with Gasteiger partial charge in [0.05, 0.1) is 0 Å². The Kier molecular flexibility index (Phi) is 4.01. The van der Waals surface area contributed by atoms with Crippen molar-refractivity contribution in [3.05, 3.63) is 46.8 Å². The van der Waals surface area contributed by atoms with Crippen LogP contribution >= 0.6 is 15.9 Å². The van der Waals surface area contributed by atoms with Crippen LogP contribution in [0.5, 0.6) is 11.5 Å². The van der Waals surface area contributed by atoms with E-state index in [2.05, 4.69) is 26.8 Å². The van der Waals surface area contributed by atoms with Gasteiger partial charge in [-0.2, -0.15) is 0 Å². The lowest BCUT2D eigenvalue weighted by Crippen LogP contribution is -2.50. The van der Waals surface area contributed by atoms with E-state index in [1.165, 1.54) is 6.07 Å². The Morgan fingerprint density at radius 2 is 1.86 bits per heavy atom. The summed E-state index contributed by atoms with van der Waals surface area (Å²) in [7, 11) is 0. The van der Waals surface area contributed by atoms with Crippen LogP contribution in [0.15, 0.2) is 45.5 Å². The molecule has 1 aliphatic heterocycles. The predicted octanol–water partition coefficient (Wildman–Crippen LogP) is 1.64. The fourth-order valence-electron chi connectivity index (χ4n) is 1.85. The maximum Gasteiger partial charge on any atom is 0.305 e. The summed E-state index contributed by atoms with van der Waals surface area (Å²) >= 11 is 3.09. The van der Waals surface area contributed by atoms with Gasteiger partial charge in [-0.1, -0.05) is 12.1 Å². The molecule has 7 nitrogen and oxygen atoms in total. The van der Waals surface area contributed by atoms with E-state index in [0.717, 1.165) is 0 Å². The van der Waals surface area contributed by atoms with Crippen LogP contribution in [-0.2, 0) is 4.79 Å². The molecule has 2 aromatic rings. The third kappa shape index (κ3) is 3.06. The number of hydrogen-bond acceptors (Lipinski definition) is 5. The molecule has 0 fully saturated rings. The lowest BCUT2D eigenvalue weighted by molar-refractivity contribution is -0.131. The van der Waals surface area contributed by atoms with Crippen LogP contribution < -0.4 is 20.3 Å². The molecule has 0 spiro atoms. The van der Waals surface area contributed by atoms with Crippen LogP contribution in [0.3, 0.4) is 0 Å². The van der Waals surface area contributed by atoms with E-state index < -0.39 is 17.9 Å². The predicted molar refractivity (Wildman–Crippen MR) is 78.4 cm³/mol. The first kappa shape index (κ1) is 14.5. The van der Waals surface area contributed by atoms with E-state index in [0.29, 0.717) is 16.2 Å². The van der Waals surface area contributed by atoms with Crippen molar-refractivity contribution in [3.8, 4) is 11.5 Å². The number of carbonyl (C=O) groups is 2. The van der Waals surface area contributed by atoms with Gasteiger partial charge in [-0.3, -0.25) is 20.4 Å². The first-order chi connectivity index (χ1) is 10.6. The standard InChI is InChI=1S/C14H11BrN2O5/c15-12-6-5-10(22-12)13(18)16-17-14(19)11-7-20-8-3-1-2-4-9(8)21-11/h1-6,11H,7H2,(H,16,18)(H,17,19)/t11-/m1/s1. The molecule has 3 rings (SSSR count). The van der Waals surface area contributed by atoms with E-state index in [1.807, 2.05) is 6.07 Å². The SMILES string of the molecule is O=C(NNC(=O)[C@H]1COc2ccccc2O1)c1ccc(Br)o1. The highest BCUT2D eigenvalue weighted by atomic mass is 79.9. The van der Waals surface area contributed by atoms with Crippen molar-refractivity contribution in [2.45, 2.75) is 6.10 Å². The number of hydrogen-bond donors (Lipinski definition) is 2. The fraction of sp³-hybridized carbons (Fsp3) is 0.143. The summed E-state index contributed by atoms with van der Waals surface area (Å²) in [5, 5.41) is 0. The minimum atomic E-state index is -0.849. The third-order valence-corrected chi connectivity index (χ3v) is 3.32. The molecule has 2 amide bonds. The third-order valence-electron chi connectivity index (χ3n) is 2.90. The number of rotatable bonds is 2. The van der Waals surface area contributed by atoms with Crippen LogP contribution in [0.1, 0.15) is 10.6 Å². The molecular formula is C14H11BrN2O5. The highest BCUT2D eigenvalue weighted by Crippen LogP contribution is 2.30. The van der Waals surface area contributed by atoms with E-state index in [9.17, 15) is 9.59 Å². The second-order valence-electron chi connectivity index (χ2n) is 4.41. The first-order valence-corrected chi connectivity index (χ1v) is 7.17. The highest BCUT2D eigenvalue weighted by molar-refractivity contribution is 9.10. The summed E-state index contributed by atoms with van der Waals surface area (Å²) < 4.78 is 16.4. The van der Waals surface area contributed by atoms with E-state index in [4.69, 9.17) is 13.9 Å². The molecule has 0 saturated carbocycles. The Morgan fingerprint density at radius 1 is 1.09 bits per heavy atom. The Balaban J connectivity index is 1.56. The molecular weight excluding hydrogens is 356 g/mol. The lowest BCUT2D eigenvalue weighted by atomic mass is 10.2. The number of nitrogens with one attached hydrogen (secondary N) is 2. The first-order valence-electron chi connectivity index (χ1n) is 6.37. The molecule has 22 heavy (non-hydrogen) atoms. The molecule has 114 valence electrons. The number of ether oxygens (including phenoxy) is 2. The zero-order valence-corrected chi connectivity index (χ0v) is 12.8. The zero-order valence-electron chi connectivity index (χ0n) is 11.2. The minimum Gasteiger partial charge on any atom is -0.485 e. The van der Waals surface area contributed by atoms with Gasteiger partial charge in [0.2, 0.25) is 6.10 Å². The summed E-state index contributed by atoms with van der Waals surface area (Å²) in [4.78, 5) is 23.7. The molecule has 0 aliphatic carbocycles. The number of para-hydroxylation sites is 2. The molecule has 0 radical (unpaired) electrons. The van der Waals surface area contributed by atoms with Gasteiger partial charge in [0.15, 0.2) is 21.9 Å². The van der Waals surface area contributed by atoms with Gasteiger partial charge in [0.25, 0.3) is 5.91 Å². The molecule has 2 N–H and O–H groups in total. The maximum absolute atomic E-state index is 12.0. The van der Waals surface area contributed by atoms with E-state index in [-0.39, 0.29) is 12.4 Å². The van der Waals surface area contributed by atoms with Crippen LogP contribution in [0.2, 0.25) is 0 Å². The van der Waals surface area contributed by atoms with Crippen LogP contribution in [0.4, 0.5) is 0 Å². The molecule has 0 unspecified atom stereocenters. The van der Waals surface area contributed by atoms with Gasteiger partial charge < -0.3 is 13.9 Å². The van der Waals surface area contributed by atoms with E-state index in [1.54, 1.807) is 24.3 Å². The molecule has 1 aromatic carbocycles. The summed E-state index contributed by atoms with van der Waals surface area (Å²) in [6.45, 7) is 0.0605. The number of amides is 2. The molecule has 0 saturated heterocycles. The Labute approximate surface area is 133 Å². The van der Waals surface area contributed by atoms with Gasteiger partial charge in [0.1, 0.15) is 6.61 Å². The average Bonchev–Trinajstić information content (AvgIpc) is 2.98. The van der Waals surface area contributed by atoms with Crippen LogP contribution in [0.25, 0.3) is 0 Å². The second-order valence-corrected chi connectivity index (χ2v) is 5.19. The van der Waals surface area contributed by atoms with E-state index >= 15 is 0 Å². The smallest absolute Gasteiger partial charge is 0.305 e. The Morgan fingerprint density at radius 3 is 2.59 bits per heavy atom. The second kappa shape index (κ2) is 6.10. The number of furan rings is 1. The average molecular weight is 367 g/mol. The number of benzene rings is 1. The van der Waals surface area contributed by atoms with Crippen molar-refractivity contribution in [2.75, 3.05) is 6.61 Å². The molecule has 1 atom stereocenters. The van der Waals surface area contributed by atoms with Crippen LogP contribution in [-0.4, -0.2) is 24.5 Å². The molecule has 1 aromatic heterocycles. The lowest BCUT2D eigenvalue weighted by Gasteiger charge is -2.25. The molecule has 2 heterocycles. The number of carbonyl (C=O) groups excluding carboxylic acids is 2. The Hall–Kier alpha value is -2.48. The summed E-state index contributed by atoms with van der Waals surface area (Å²) in [5.74, 6) is 0.0363. The molecule has 8 heteroatoms. The fourth-order valence-corrected chi connectivity index (χ4v) is 2.15. The largest absolute Gasteiger partial charge is 0.485 e. The molecule has 1 aliphatic rings. The van der Waals surface area contributed by atoms with Crippen molar-refractivity contribution < 1.29 is 23.5 Å². The zero-order chi connectivity index (χ0) is 15.5. The van der Waals surface area contributed by atoms with Crippen molar-refractivity contribution in [1.82, 2.24) is 10.9 Å². The molecule has 0 bridgehead atoms. The normalized spacial score (nSPS) is 16.0. The van der Waals surface area contributed by atoms with Crippen LogP contribution in [0, 0.1) is 0 Å². The number of hydrazine groups is 1. The number of fused-ring (bicyclic) bond motifs is 1. The quantitative estimate of drug-likeness (QED) is 0.788. The highest BCUT2D eigenvalue weighted by Gasteiger charge is 2.27. The minimum absolute atomic E-state index is 0.0605. The van der Waals surface area contributed by atoms with Gasteiger partial charge in [-0.15, -0.1) is 0 Å². The van der Waals surface area contributed by atoms with Gasteiger partial charge >= 0.3 is 5.91 Å². The van der Waals surface area contributed by atoms with Crippen molar-refractivity contribution >= 4 is 27.7 Å². The monoisotopic (exact) mass is 366 g/mol. The summed E-state index contributed by atoms with van der Waals surface area (Å²) in [5.41, 5.74) is 4.52. The van der Waals surface area contributed by atoms with Crippen molar-refractivity contribution in [1.29, 1.82) is 0 Å². The Bertz CT molecular complexity index is 715. The van der Waals surface area contributed by atoms with Crippen molar-refractivity contribution in [2.24, 2.45) is 0 Å². The van der Waals surface area contributed by atoms with Gasteiger partial charge in [0, 0.05) is 0 Å². The van der Waals surface area contributed by atoms with Gasteiger partial charge in [-0.25, -0.2) is 0 Å². The summed E-state index contributed by atoms with van der Waals surface area (Å²) in [6, 6.07) is 10.1. The summed E-state index contributed by atoms with van der Waals surface area (Å²) in [6.07, 6.45) is -0.849.